The van der Waals surface area contributed by atoms with E-state index in [-0.39, 0.29) is 5.91 Å². The molecule has 0 atom stereocenters. The number of amides is 1. The molecule has 4 rings (SSSR count). The van der Waals surface area contributed by atoms with E-state index >= 15 is 0 Å². The summed E-state index contributed by atoms with van der Waals surface area (Å²) in [6, 6.07) is 23.6. The molecule has 0 unspecified atom stereocenters. The van der Waals surface area contributed by atoms with Crippen LogP contribution in [0.2, 0.25) is 0 Å². The van der Waals surface area contributed by atoms with Gasteiger partial charge in [0, 0.05) is 37.4 Å². The maximum absolute atomic E-state index is 12.8. The van der Waals surface area contributed by atoms with Crippen molar-refractivity contribution in [3.8, 4) is 16.9 Å². The molecule has 0 radical (unpaired) electrons. The molecule has 1 amide bonds. The summed E-state index contributed by atoms with van der Waals surface area (Å²) in [5, 5.41) is 3.03. The Morgan fingerprint density at radius 1 is 0.867 bits per heavy atom. The van der Waals surface area contributed by atoms with Crippen LogP contribution >= 0.6 is 0 Å². The molecule has 0 aromatic heterocycles. The Bertz CT molecular complexity index is 995. The Kier molecular flexibility index (Phi) is 6.00. The second-order valence-corrected chi connectivity index (χ2v) is 7.57. The third-order valence-electron chi connectivity index (χ3n) is 5.53. The number of nitrogens with zero attached hydrogens (tertiary/aromatic N) is 2. The van der Waals surface area contributed by atoms with Crippen LogP contribution in [0.4, 0.5) is 11.4 Å². The first kappa shape index (κ1) is 20.0. The molecule has 3 aromatic carbocycles. The zero-order chi connectivity index (χ0) is 20.9. The van der Waals surface area contributed by atoms with Crippen molar-refractivity contribution in [1.82, 2.24) is 4.90 Å². The van der Waals surface area contributed by atoms with Crippen molar-refractivity contribution in [1.29, 1.82) is 0 Å². The SMILES string of the molecule is COc1ccc(NC(=O)c2ccc(-c3ccccc3)cc2)cc1N1CCN(C)CC1. The van der Waals surface area contributed by atoms with E-state index in [1.165, 1.54) is 0 Å². The summed E-state index contributed by atoms with van der Waals surface area (Å²) in [6.45, 7) is 3.89. The van der Waals surface area contributed by atoms with E-state index in [4.69, 9.17) is 4.74 Å². The normalized spacial score (nSPS) is 14.4. The number of piperazine rings is 1. The highest BCUT2D eigenvalue weighted by Crippen LogP contribution is 2.32. The van der Waals surface area contributed by atoms with Crippen molar-refractivity contribution in [2.75, 3.05) is 50.6 Å². The lowest BCUT2D eigenvalue weighted by Crippen LogP contribution is -2.44. The molecule has 30 heavy (non-hydrogen) atoms. The van der Waals surface area contributed by atoms with Gasteiger partial charge in [-0.25, -0.2) is 0 Å². The van der Waals surface area contributed by atoms with Gasteiger partial charge in [0.05, 0.1) is 12.8 Å². The quantitative estimate of drug-likeness (QED) is 0.690. The van der Waals surface area contributed by atoms with Crippen LogP contribution in [0.5, 0.6) is 5.75 Å². The molecule has 1 heterocycles. The average molecular weight is 402 g/mol. The van der Waals surface area contributed by atoms with E-state index in [2.05, 4.69) is 34.3 Å². The lowest BCUT2D eigenvalue weighted by Gasteiger charge is -2.34. The largest absolute Gasteiger partial charge is 0.495 e. The molecule has 0 bridgehead atoms. The fraction of sp³-hybridized carbons (Fsp3) is 0.240. The number of anilines is 2. The first-order valence-electron chi connectivity index (χ1n) is 10.2. The lowest BCUT2D eigenvalue weighted by atomic mass is 10.0. The van der Waals surface area contributed by atoms with Crippen molar-refractivity contribution in [2.24, 2.45) is 0 Å². The van der Waals surface area contributed by atoms with Crippen molar-refractivity contribution in [3.63, 3.8) is 0 Å². The van der Waals surface area contributed by atoms with E-state index in [1.807, 2.05) is 60.7 Å². The molecule has 3 aromatic rings. The minimum atomic E-state index is -0.121. The van der Waals surface area contributed by atoms with Gasteiger partial charge in [0.1, 0.15) is 5.75 Å². The second kappa shape index (κ2) is 9.01. The number of benzene rings is 3. The molecule has 154 valence electrons. The number of methoxy groups -OCH3 is 1. The van der Waals surface area contributed by atoms with Crippen LogP contribution in [0.25, 0.3) is 11.1 Å². The second-order valence-electron chi connectivity index (χ2n) is 7.57. The fourth-order valence-electron chi connectivity index (χ4n) is 3.71. The third kappa shape index (κ3) is 4.47. The zero-order valence-corrected chi connectivity index (χ0v) is 17.5. The van der Waals surface area contributed by atoms with Gasteiger partial charge in [-0.1, -0.05) is 42.5 Å². The molecule has 1 fully saturated rings. The summed E-state index contributed by atoms with van der Waals surface area (Å²) in [5.41, 5.74) is 4.64. The van der Waals surface area contributed by atoms with E-state index in [0.717, 1.165) is 54.4 Å². The zero-order valence-electron chi connectivity index (χ0n) is 17.5. The van der Waals surface area contributed by atoms with Crippen LogP contribution in [0.3, 0.4) is 0 Å². The van der Waals surface area contributed by atoms with Gasteiger partial charge in [-0.15, -0.1) is 0 Å². The first-order chi connectivity index (χ1) is 14.6. The number of carbonyl (C=O) groups excluding carboxylic acids is 1. The van der Waals surface area contributed by atoms with Crippen LogP contribution in [0.1, 0.15) is 10.4 Å². The number of carbonyl (C=O) groups is 1. The summed E-state index contributed by atoms with van der Waals surface area (Å²) < 4.78 is 5.56. The van der Waals surface area contributed by atoms with E-state index < -0.39 is 0 Å². The third-order valence-corrected chi connectivity index (χ3v) is 5.53. The van der Waals surface area contributed by atoms with Gasteiger partial charge < -0.3 is 19.9 Å². The minimum Gasteiger partial charge on any atom is -0.495 e. The van der Waals surface area contributed by atoms with Gasteiger partial charge in [0.15, 0.2) is 0 Å². The van der Waals surface area contributed by atoms with Crippen molar-refractivity contribution >= 4 is 17.3 Å². The maximum Gasteiger partial charge on any atom is 0.255 e. The number of hydrogen-bond acceptors (Lipinski definition) is 4. The molecule has 0 spiro atoms. The molecule has 1 N–H and O–H groups in total. The summed E-state index contributed by atoms with van der Waals surface area (Å²) in [5.74, 6) is 0.703. The Balaban J connectivity index is 1.49. The molecular weight excluding hydrogens is 374 g/mol. The summed E-state index contributed by atoms with van der Waals surface area (Å²) in [7, 11) is 3.82. The van der Waals surface area contributed by atoms with Crippen LogP contribution in [0.15, 0.2) is 72.8 Å². The number of likely N-dealkylation sites (N-methyl/N-ethyl adjacent to an activating group) is 1. The monoisotopic (exact) mass is 401 g/mol. The van der Waals surface area contributed by atoms with Gasteiger partial charge in [0.25, 0.3) is 5.91 Å². The molecule has 1 saturated heterocycles. The number of ether oxygens (including phenoxy) is 1. The fourth-order valence-corrected chi connectivity index (χ4v) is 3.71. The predicted molar refractivity (Wildman–Crippen MR) is 123 cm³/mol. The van der Waals surface area contributed by atoms with E-state index in [9.17, 15) is 4.79 Å². The summed E-state index contributed by atoms with van der Waals surface area (Å²) in [4.78, 5) is 17.4. The van der Waals surface area contributed by atoms with Crippen molar-refractivity contribution in [3.05, 3.63) is 78.4 Å². The maximum atomic E-state index is 12.8. The lowest BCUT2D eigenvalue weighted by molar-refractivity contribution is 0.102. The van der Waals surface area contributed by atoms with Gasteiger partial charge in [-0.2, -0.15) is 0 Å². The Hall–Kier alpha value is -3.31. The molecule has 1 aliphatic heterocycles. The highest BCUT2D eigenvalue weighted by atomic mass is 16.5. The van der Waals surface area contributed by atoms with Crippen LogP contribution in [-0.4, -0.2) is 51.1 Å². The molecule has 5 nitrogen and oxygen atoms in total. The minimum absolute atomic E-state index is 0.121. The first-order valence-corrected chi connectivity index (χ1v) is 10.2. The van der Waals surface area contributed by atoms with Crippen LogP contribution in [0, 0.1) is 0 Å². The van der Waals surface area contributed by atoms with Gasteiger partial charge in [0.2, 0.25) is 0 Å². The Morgan fingerprint density at radius 3 is 2.20 bits per heavy atom. The van der Waals surface area contributed by atoms with Crippen molar-refractivity contribution in [2.45, 2.75) is 0 Å². The Morgan fingerprint density at radius 2 is 1.53 bits per heavy atom. The van der Waals surface area contributed by atoms with Gasteiger partial charge in [-0.3, -0.25) is 4.79 Å². The predicted octanol–water partition coefficient (Wildman–Crippen LogP) is 4.37. The number of nitrogens with one attached hydrogen (secondary N) is 1. The topological polar surface area (TPSA) is 44.8 Å². The highest BCUT2D eigenvalue weighted by molar-refractivity contribution is 6.04. The molecule has 0 aliphatic carbocycles. The molecule has 1 aliphatic rings. The number of hydrogen-bond donors (Lipinski definition) is 1. The summed E-state index contributed by atoms with van der Waals surface area (Å²) >= 11 is 0. The average Bonchev–Trinajstić information content (AvgIpc) is 2.80. The van der Waals surface area contributed by atoms with E-state index in [0.29, 0.717) is 5.56 Å². The van der Waals surface area contributed by atoms with Crippen molar-refractivity contribution < 1.29 is 9.53 Å². The summed E-state index contributed by atoms with van der Waals surface area (Å²) in [6.07, 6.45) is 0. The number of rotatable bonds is 5. The standard InChI is InChI=1S/C25H27N3O2/c1-27-14-16-28(17-15-27)23-18-22(12-13-24(23)30-2)26-25(29)21-10-8-20(9-11-21)19-6-4-3-5-7-19/h3-13,18H,14-17H2,1-2H3,(H,26,29). The molecule has 5 heteroatoms. The molecular formula is C25H27N3O2. The van der Waals surface area contributed by atoms with Crippen LogP contribution < -0.4 is 15.0 Å². The van der Waals surface area contributed by atoms with Crippen LogP contribution in [-0.2, 0) is 0 Å². The van der Waals surface area contributed by atoms with Gasteiger partial charge in [-0.05, 0) is 48.5 Å². The van der Waals surface area contributed by atoms with Gasteiger partial charge >= 0.3 is 0 Å². The Labute approximate surface area is 177 Å². The smallest absolute Gasteiger partial charge is 0.255 e. The highest BCUT2D eigenvalue weighted by Gasteiger charge is 2.18. The van der Waals surface area contributed by atoms with E-state index in [1.54, 1.807) is 7.11 Å². The molecule has 0 saturated carbocycles.